The van der Waals surface area contributed by atoms with E-state index in [0.717, 1.165) is 16.3 Å². The Hall–Kier alpha value is -1.04. The largest absolute Gasteiger partial charge is 0.392 e. The molecule has 1 heterocycles. The van der Waals surface area contributed by atoms with Crippen LogP contribution in [0.25, 0.3) is 0 Å². The molecule has 2 N–H and O–H groups in total. The molecule has 2 aromatic rings. The molecule has 0 bridgehead atoms. The Kier molecular flexibility index (Phi) is 3.48. The number of benzene rings is 1. The summed E-state index contributed by atoms with van der Waals surface area (Å²) in [6.07, 6.45) is 0. The SMILES string of the molecule is Cc1nc(Sc2ccc(CO)c(Cl)c2)n[nH]1. The molecule has 0 unspecified atom stereocenters. The molecular weight excluding hydrogens is 246 g/mol. The van der Waals surface area contributed by atoms with Gasteiger partial charge in [0.25, 0.3) is 0 Å². The monoisotopic (exact) mass is 255 g/mol. The van der Waals surface area contributed by atoms with Gasteiger partial charge in [-0.15, -0.1) is 5.10 Å². The molecule has 0 saturated heterocycles. The van der Waals surface area contributed by atoms with Crippen LogP contribution in [0.1, 0.15) is 11.4 Å². The average Bonchev–Trinajstić information content (AvgIpc) is 2.64. The van der Waals surface area contributed by atoms with Crippen LogP contribution in [0.3, 0.4) is 0 Å². The van der Waals surface area contributed by atoms with E-state index in [2.05, 4.69) is 15.2 Å². The number of aliphatic hydroxyl groups excluding tert-OH is 1. The Bertz CT molecular complexity index is 501. The van der Waals surface area contributed by atoms with Gasteiger partial charge in [-0.1, -0.05) is 17.7 Å². The summed E-state index contributed by atoms with van der Waals surface area (Å²) in [5.41, 5.74) is 0.720. The van der Waals surface area contributed by atoms with Crippen molar-refractivity contribution in [3.63, 3.8) is 0 Å². The summed E-state index contributed by atoms with van der Waals surface area (Å²) < 4.78 is 0. The van der Waals surface area contributed by atoms with Crippen molar-refractivity contribution >= 4 is 23.4 Å². The third-order valence-electron chi connectivity index (χ3n) is 1.98. The Morgan fingerprint density at radius 2 is 2.31 bits per heavy atom. The number of aromatic nitrogens is 3. The summed E-state index contributed by atoms with van der Waals surface area (Å²) in [5, 5.41) is 17.0. The maximum Gasteiger partial charge on any atom is 0.213 e. The molecule has 1 aromatic heterocycles. The molecule has 0 saturated carbocycles. The zero-order valence-corrected chi connectivity index (χ0v) is 10.1. The summed E-state index contributed by atoms with van der Waals surface area (Å²) in [6.45, 7) is 1.79. The summed E-state index contributed by atoms with van der Waals surface area (Å²) in [4.78, 5) is 5.13. The quantitative estimate of drug-likeness (QED) is 0.884. The van der Waals surface area contributed by atoms with Crippen molar-refractivity contribution < 1.29 is 5.11 Å². The standard InChI is InChI=1S/C10H10ClN3OS/c1-6-12-10(14-13-6)16-8-3-2-7(5-15)9(11)4-8/h2-4,15H,5H2,1H3,(H,12,13,14). The number of aryl methyl sites for hydroxylation is 1. The lowest BCUT2D eigenvalue weighted by molar-refractivity contribution is 0.282. The van der Waals surface area contributed by atoms with Gasteiger partial charge in [0.15, 0.2) is 0 Å². The fourth-order valence-corrected chi connectivity index (χ4v) is 2.30. The second-order valence-electron chi connectivity index (χ2n) is 3.22. The first kappa shape index (κ1) is 11.4. The third-order valence-corrected chi connectivity index (χ3v) is 3.19. The minimum Gasteiger partial charge on any atom is -0.392 e. The zero-order valence-electron chi connectivity index (χ0n) is 8.57. The number of H-pyrrole nitrogens is 1. The minimum atomic E-state index is -0.0520. The molecular formula is C10H10ClN3OS. The van der Waals surface area contributed by atoms with E-state index in [4.69, 9.17) is 16.7 Å². The van der Waals surface area contributed by atoms with Gasteiger partial charge in [-0.25, -0.2) is 4.98 Å². The Morgan fingerprint density at radius 1 is 1.50 bits per heavy atom. The third kappa shape index (κ3) is 2.55. The van der Waals surface area contributed by atoms with E-state index in [1.807, 2.05) is 13.0 Å². The average molecular weight is 256 g/mol. The van der Waals surface area contributed by atoms with Crippen LogP contribution < -0.4 is 0 Å². The number of halogens is 1. The molecule has 16 heavy (non-hydrogen) atoms. The van der Waals surface area contributed by atoms with Crippen LogP contribution in [0.5, 0.6) is 0 Å². The van der Waals surface area contributed by atoms with Crippen molar-refractivity contribution in [2.75, 3.05) is 0 Å². The predicted molar refractivity (Wildman–Crippen MR) is 62.6 cm³/mol. The first-order chi connectivity index (χ1) is 7.69. The summed E-state index contributed by atoms with van der Waals surface area (Å²) >= 11 is 7.40. The van der Waals surface area contributed by atoms with Gasteiger partial charge in [-0.2, -0.15) is 0 Å². The van der Waals surface area contributed by atoms with Gasteiger partial charge in [-0.3, -0.25) is 5.10 Å². The van der Waals surface area contributed by atoms with Gasteiger partial charge >= 0.3 is 0 Å². The molecule has 84 valence electrons. The van der Waals surface area contributed by atoms with Crippen LogP contribution in [0.2, 0.25) is 5.02 Å². The molecule has 0 radical (unpaired) electrons. The van der Waals surface area contributed by atoms with Crippen LogP contribution in [0.15, 0.2) is 28.3 Å². The van der Waals surface area contributed by atoms with Gasteiger partial charge in [0.05, 0.1) is 6.61 Å². The number of rotatable bonds is 3. The van der Waals surface area contributed by atoms with E-state index in [1.54, 1.807) is 12.1 Å². The van der Waals surface area contributed by atoms with Crippen molar-refractivity contribution in [1.82, 2.24) is 15.2 Å². The summed E-state index contributed by atoms with van der Waals surface area (Å²) in [6, 6.07) is 5.47. The van der Waals surface area contributed by atoms with Gasteiger partial charge in [0, 0.05) is 9.92 Å². The summed E-state index contributed by atoms with van der Waals surface area (Å²) in [7, 11) is 0. The number of aliphatic hydroxyl groups is 1. The highest BCUT2D eigenvalue weighted by atomic mass is 35.5. The number of nitrogens with zero attached hydrogens (tertiary/aromatic N) is 2. The van der Waals surface area contributed by atoms with E-state index in [1.165, 1.54) is 11.8 Å². The van der Waals surface area contributed by atoms with Crippen LogP contribution >= 0.6 is 23.4 Å². The fraction of sp³-hybridized carbons (Fsp3) is 0.200. The van der Waals surface area contributed by atoms with Crippen molar-refractivity contribution in [2.24, 2.45) is 0 Å². The van der Waals surface area contributed by atoms with E-state index >= 15 is 0 Å². The lowest BCUT2D eigenvalue weighted by atomic mass is 10.2. The molecule has 6 heteroatoms. The highest BCUT2D eigenvalue weighted by Gasteiger charge is 2.05. The lowest BCUT2D eigenvalue weighted by Crippen LogP contribution is -1.85. The van der Waals surface area contributed by atoms with Crippen molar-refractivity contribution in [1.29, 1.82) is 0 Å². The van der Waals surface area contributed by atoms with Crippen molar-refractivity contribution in [2.45, 2.75) is 23.6 Å². The van der Waals surface area contributed by atoms with Crippen LogP contribution in [-0.4, -0.2) is 20.3 Å². The maximum absolute atomic E-state index is 8.98. The van der Waals surface area contributed by atoms with Crippen molar-refractivity contribution in [3.8, 4) is 0 Å². The molecule has 0 atom stereocenters. The molecule has 0 spiro atoms. The van der Waals surface area contributed by atoms with Gasteiger partial charge in [0.1, 0.15) is 5.82 Å². The first-order valence-electron chi connectivity index (χ1n) is 4.65. The Morgan fingerprint density at radius 3 is 2.88 bits per heavy atom. The number of hydrogen-bond donors (Lipinski definition) is 2. The maximum atomic E-state index is 8.98. The van der Waals surface area contributed by atoms with E-state index in [-0.39, 0.29) is 6.61 Å². The fourth-order valence-electron chi connectivity index (χ4n) is 1.19. The molecule has 1 aromatic carbocycles. The highest BCUT2D eigenvalue weighted by Crippen LogP contribution is 2.28. The highest BCUT2D eigenvalue weighted by molar-refractivity contribution is 7.99. The Balaban J connectivity index is 2.19. The van der Waals surface area contributed by atoms with E-state index in [0.29, 0.717) is 10.2 Å². The number of hydrogen-bond acceptors (Lipinski definition) is 4. The van der Waals surface area contributed by atoms with Gasteiger partial charge in [-0.05, 0) is 36.4 Å². The lowest BCUT2D eigenvalue weighted by Gasteiger charge is -2.02. The second-order valence-corrected chi connectivity index (χ2v) is 4.66. The molecule has 0 aliphatic carbocycles. The second kappa shape index (κ2) is 4.86. The van der Waals surface area contributed by atoms with Crippen molar-refractivity contribution in [3.05, 3.63) is 34.6 Å². The molecule has 0 fully saturated rings. The minimum absolute atomic E-state index is 0.0520. The van der Waals surface area contributed by atoms with Gasteiger partial charge < -0.3 is 5.11 Å². The number of aromatic amines is 1. The van der Waals surface area contributed by atoms with Gasteiger partial charge in [0.2, 0.25) is 5.16 Å². The van der Waals surface area contributed by atoms with E-state index < -0.39 is 0 Å². The zero-order chi connectivity index (χ0) is 11.5. The molecule has 0 aliphatic heterocycles. The Labute approximate surface area is 102 Å². The normalized spacial score (nSPS) is 10.7. The van der Waals surface area contributed by atoms with Crippen LogP contribution in [0, 0.1) is 6.92 Å². The van der Waals surface area contributed by atoms with Crippen LogP contribution in [0.4, 0.5) is 0 Å². The van der Waals surface area contributed by atoms with E-state index in [9.17, 15) is 0 Å². The molecule has 4 nitrogen and oxygen atoms in total. The molecule has 0 amide bonds. The summed E-state index contributed by atoms with van der Waals surface area (Å²) in [5.74, 6) is 0.778. The van der Waals surface area contributed by atoms with Crippen LogP contribution in [-0.2, 0) is 6.61 Å². The molecule has 2 rings (SSSR count). The number of nitrogens with one attached hydrogen (secondary N) is 1. The first-order valence-corrected chi connectivity index (χ1v) is 5.84. The molecule has 0 aliphatic rings. The topological polar surface area (TPSA) is 61.8 Å². The predicted octanol–water partition coefficient (Wildman–Crippen LogP) is 2.41. The smallest absolute Gasteiger partial charge is 0.213 e.